The summed E-state index contributed by atoms with van der Waals surface area (Å²) < 4.78 is 0. The first kappa shape index (κ1) is 9.67. The molecule has 0 heterocycles. The zero-order chi connectivity index (χ0) is 9.84. The van der Waals surface area contributed by atoms with E-state index < -0.39 is 0 Å². The van der Waals surface area contributed by atoms with Gasteiger partial charge in [-0.2, -0.15) is 0 Å². The molecule has 70 valence electrons. The van der Waals surface area contributed by atoms with E-state index in [4.69, 9.17) is 23.2 Å². The lowest BCUT2D eigenvalue weighted by atomic mass is 10.3. The third-order valence-corrected chi connectivity index (χ3v) is 2.01. The summed E-state index contributed by atoms with van der Waals surface area (Å²) >= 11 is 5.93. The van der Waals surface area contributed by atoms with E-state index in [0.717, 1.165) is 5.69 Å². The van der Waals surface area contributed by atoms with Crippen molar-refractivity contribution < 1.29 is 0 Å². The fourth-order valence-electron chi connectivity index (χ4n) is 0.934. The molecule has 1 aromatic rings. The molecule has 5 heteroatoms. The van der Waals surface area contributed by atoms with Crippen molar-refractivity contribution in [1.29, 1.82) is 0 Å². The van der Waals surface area contributed by atoms with E-state index in [2.05, 4.69) is 5.10 Å². The van der Waals surface area contributed by atoms with Gasteiger partial charge in [-0.3, -0.25) is 0 Å². The molecule has 0 aliphatic rings. The fourth-order valence-corrected chi connectivity index (χ4v) is 1.20. The molecule has 0 bridgehead atoms. The average molecular weight is 199 g/mol. The Hall–Kier alpha value is -1.42. The van der Waals surface area contributed by atoms with Gasteiger partial charge in [0.1, 0.15) is 0 Å². The van der Waals surface area contributed by atoms with E-state index in [0.29, 0.717) is 5.02 Å². The summed E-state index contributed by atoms with van der Waals surface area (Å²) in [5.41, 5.74) is 6.28. The van der Waals surface area contributed by atoms with Crippen LogP contribution in [0.2, 0.25) is 5.02 Å². The summed E-state index contributed by atoms with van der Waals surface area (Å²) in [6.45, 7) is 0. The molecule has 4 nitrogen and oxygen atoms in total. The second kappa shape index (κ2) is 4.00. The molecule has 0 aliphatic carbocycles. The van der Waals surface area contributed by atoms with E-state index in [-0.39, 0.29) is 5.96 Å². The number of rotatable bonds is 1. The van der Waals surface area contributed by atoms with Crippen LogP contribution in [-0.4, -0.2) is 13.0 Å². The Morgan fingerprint density at radius 2 is 2.08 bits per heavy atom. The Kier molecular flexibility index (Phi) is 2.97. The number of para-hydroxylation sites is 1. The van der Waals surface area contributed by atoms with Gasteiger partial charge >= 0.3 is 0 Å². The minimum Gasteiger partial charge on any atom is -0.368 e. The molecule has 0 spiro atoms. The van der Waals surface area contributed by atoms with Crippen molar-refractivity contribution in [3.05, 3.63) is 29.3 Å². The van der Waals surface area contributed by atoms with Gasteiger partial charge in [-0.05, 0) is 12.1 Å². The summed E-state index contributed by atoms with van der Waals surface area (Å²) in [7, 11) is 1.74. The van der Waals surface area contributed by atoms with Crippen molar-refractivity contribution in [2.45, 2.75) is 0 Å². The molecule has 0 saturated carbocycles. The number of hydrogen-bond acceptors (Lipinski definition) is 2. The first-order valence-corrected chi connectivity index (χ1v) is 4.06. The normalized spacial score (nSPS) is 11.4. The molecule has 4 N–H and O–H groups in total. The lowest BCUT2D eigenvalue weighted by molar-refractivity contribution is 1.14. The zero-order valence-electron chi connectivity index (χ0n) is 7.24. The highest BCUT2D eigenvalue weighted by Gasteiger charge is 2.07. The van der Waals surface area contributed by atoms with E-state index >= 15 is 0 Å². The number of hydrogen-bond donors (Lipinski definition) is 2. The Labute approximate surface area is 81.8 Å². The lowest BCUT2D eigenvalue weighted by Crippen LogP contribution is -2.34. The second-order valence-corrected chi connectivity index (χ2v) is 2.90. The Morgan fingerprint density at radius 3 is 2.62 bits per heavy atom. The van der Waals surface area contributed by atoms with E-state index in [1.165, 1.54) is 0 Å². The van der Waals surface area contributed by atoms with Crippen LogP contribution in [0.1, 0.15) is 0 Å². The largest absolute Gasteiger partial charge is 0.368 e. The van der Waals surface area contributed by atoms with Gasteiger partial charge < -0.3 is 16.5 Å². The van der Waals surface area contributed by atoms with Crippen molar-refractivity contribution in [3.8, 4) is 0 Å². The van der Waals surface area contributed by atoms with Gasteiger partial charge in [-0.25, -0.2) is 0 Å². The zero-order valence-corrected chi connectivity index (χ0v) is 7.99. The van der Waals surface area contributed by atoms with Crippen LogP contribution >= 0.6 is 11.6 Å². The van der Waals surface area contributed by atoms with Crippen molar-refractivity contribution in [3.63, 3.8) is 0 Å². The topological polar surface area (TPSA) is 67.6 Å². The second-order valence-electron chi connectivity index (χ2n) is 2.50. The van der Waals surface area contributed by atoms with Crippen LogP contribution in [0.15, 0.2) is 29.4 Å². The summed E-state index contributed by atoms with van der Waals surface area (Å²) in [5.74, 6) is 5.25. The van der Waals surface area contributed by atoms with Crippen LogP contribution < -0.4 is 16.5 Å². The van der Waals surface area contributed by atoms with Gasteiger partial charge in [0.25, 0.3) is 0 Å². The molecular formula is C8H11ClN4. The maximum Gasteiger partial charge on any atom is 0.217 e. The van der Waals surface area contributed by atoms with Crippen LogP contribution in [0.25, 0.3) is 0 Å². The average Bonchev–Trinajstić information content (AvgIpc) is 2.16. The maximum absolute atomic E-state index is 5.93. The van der Waals surface area contributed by atoms with Gasteiger partial charge in [0.2, 0.25) is 5.96 Å². The third kappa shape index (κ3) is 2.03. The monoisotopic (exact) mass is 198 g/mol. The highest BCUT2D eigenvalue weighted by molar-refractivity contribution is 6.33. The van der Waals surface area contributed by atoms with Gasteiger partial charge in [0.05, 0.1) is 10.7 Å². The van der Waals surface area contributed by atoms with Crippen LogP contribution in [0.4, 0.5) is 5.69 Å². The van der Waals surface area contributed by atoms with Crippen LogP contribution in [0.5, 0.6) is 0 Å². The molecule has 1 aromatic carbocycles. The Balaban J connectivity index is 3.02. The molecule has 0 aliphatic heterocycles. The SMILES string of the molecule is CN(/C(N)=N/N)c1ccccc1Cl. The predicted molar refractivity (Wildman–Crippen MR) is 55.7 cm³/mol. The summed E-state index contributed by atoms with van der Waals surface area (Å²) in [6.07, 6.45) is 0. The molecule has 0 saturated heterocycles. The minimum atomic E-state index is 0.216. The number of halogens is 1. The van der Waals surface area contributed by atoms with E-state index in [1.807, 2.05) is 18.2 Å². The summed E-state index contributed by atoms with van der Waals surface area (Å²) in [5, 5.41) is 3.98. The fraction of sp³-hybridized carbons (Fsp3) is 0.125. The van der Waals surface area contributed by atoms with Crippen molar-refractivity contribution in [1.82, 2.24) is 0 Å². The van der Waals surface area contributed by atoms with Gasteiger partial charge in [0.15, 0.2) is 0 Å². The molecule has 0 atom stereocenters. The molecule has 0 fully saturated rings. The van der Waals surface area contributed by atoms with E-state index in [1.54, 1.807) is 18.0 Å². The number of anilines is 1. The molecule has 0 unspecified atom stereocenters. The van der Waals surface area contributed by atoms with Crippen LogP contribution in [-0.2, 0) is 0 Å². The van der Waals surface area contributed by atoms with Crippen molar-refractivity contribution in [2.75, 3.05) is 11.9 Å². The van der Waals surface area contributed by atoms with Gasteiger partial charge in [-0.15, -0.1) is 5.10 Å². The number of guanidine groups is 1. The molecular weight excluding hydrogens is 188 g/mol. The highest BCUT2D eigenvalue weighted by atomic mass is 35.5. The number of benzene rings is 1. The van der Waals surface area contributed by atoms with Crippen molar-refractivity contribution >= 4 is 23.2 Å². The quantitative estimate of drug-likeness (QED) is 0.306. The van der Waals surface area contributed by atoms with Crippen molar-refractivity contribution in [2.24, 2.45) is 16.7 Å². The Morgan fingerprint density at radius 1 is 1.46 bits per heavy atom. The first-order valence-electron chi connectivity index (χ1n) is 3.68. The smallest absolute Gasteiger partial charge is 0.217 e. The first-order chi connectivity index (χ1) is 6.16. The summed E-state index contributed by atoms with van der Waals surface area (Å²) in [4.78, 5) is 1.61. The predicted octanol–water partition coefficient (Wildman–Crippen LogP) is 0.965. The van der Waals surface area contributed by atoms with Crippen LogP contribution in [0.3, 0.4) is 0 Å². The number of hydrazone groups is 1. The Bertz CT molecular complexity index is 324. The molecule has 0 amide bonds. The van der Waals surface area contributed by atoms with Crippen LogP contribution in [0, 0.1) is 0 Å². The molecule has 0 aromatic heterocycles. The standard InChI is InChI=1S/C8H11ClN4/c1-13(8(10)12-11)7-5-3-2-4-6(7)9/h2-5H,11H2,1H3,(H2,10,12). The molecule has 13 heavy (non-hydrogen) atoms. The summed E-state index contributed by atoms with van der Waals surface area (Å²) in [6, 6.07) is 7.31. The highest BCUT2D eigenvalue weighted by Crippen LogP contribution is 2.23. The maximum atomic E-state index is 5.93. The third-order valence-electron chi connectivity index (χ3n) is 1.69. The number of nitrogens with two attached hydrogens (primary N) is 2. The van der Waals surface area contributed by atoms with Gasteiger partial charge in [-0.1, -0.05) is 23.7 Å². The molecule has 0 radical (unpaired) electrons. The molecule has 1 rings (SSSR count). The van der Waals surface area contributed by atoms with E-state index in [9.17, 15) is 0 Å². The lowest BCUT2D eigenvalue weighted by Gasteiger charge is -2.18. The number of nitrogens with zero attached hydrogens (tertiary/aromatic N) is 2. The minimum absolute atomic E-state index is 0.216. The van der Waals surface area contributed by atoms with Gasteiger partial charge in [0, 0.05) is 7.05 Å².